The highest BCUT2D eigenvalue weighted by Gasteiger charge is 2.33. The van der Waals surface area contributed by atoms with Crippen LogP contribution in [0.15, 0.2) is 12.3 Å². The van der Waals surface area contributed by atoms with Gasteiger partial charge in [-0.25, -0.2) is 4.98 Å². The van der Waals surface area contributed by atoms with Crippen LogP contribution < -0.4 is 10.2 Å². The number of carbonyl (C=O) groups excluding carboxylic acids is 1. The summed E-state index contributed by atoms with van der Waals surface area (Å²) < 4.78 is 43.4. The van der Waals surface area contributed by atoms with E-state index in [0.29, 0.717) is 50.8 Å². The molecule has 9 heteroatoms. The number of carbonyl (C=O) groups is 1. The van der Waals surface area contributed by atoms with Crippen LogP contribution in [0, 0.1) is 11.8 Å². The summed E-state index contributed by atoms with van der Waals surface area (Å²) in [5, 5.41) is 2.96. The molecule has 3 rings (SSSR count). The third-order valence-corrected chi connectivity index (χ3v) is 5.18. The predicted octanol–water partition coefficient (Wildman–Crippen LogP) is 3.12. The van der Waals surface area contributed by atoms with Crippen LogP contribution in [0.4, 0.5) is 19.0 Å². The molecule has 1 aromatic rings. The van der Waals surface area contributed by atoms with E-state index in [2.05, 4.69) is 10.3 Å². The fourth-order valence-corrected chi connectivity index (χ4v) is 3.59. The topological polar surface area (TPSA) is 54.5 Å². The minimum absolute atomic E-state index is 0.0241. The van der Waals surface area contributed by atoms with Gasteiger partial charge in [-0.1, -0.05) is 11.6 Å². The fourth-order valence-electron chi connectivity index (χ4n) is 3.31. The van der Waals surface area contributed by atoms with Crippen LogP contribution >= 0.6 is 11.6 Å². The van der Waals surface area contributed by atoms with Crippen LogP contribution in [0.2, 0.25) is 5.02 Å². The van der Waals surface area contributed by atoms with E-state index in [1.807, 2.05) is 4.90 Å². The van der Waals surface area contributed by atoms with Crippen LogP contribution in [-0.4, -0.2) is 43.7 Å². The van der Waals surface area contributed by atoms with Crippen LogP contribution in [0.1, 0.15) is 24.8 Å². The van der Waals surface area contributed by atoms with Crippen molar-refractivity contribution in [3.05, 3.63) is 22.8 Å². The van der Waals surface area contributed by atoms with Crippen molar-refractivity contribution in [1.29, 1.82) is 0 Å². The predicted molar refractivity (Wildman–Crippen MR) is 91.1 cm³/mol. The Kier molecular flexibility index (Phi) is 5.92. The summed E-state index contributed by atoms with van der Waals surface area (Å²) in [5.74, 6) is 0.653. The monoisotopic (exact) mass is 391 g/mol. The van der Waals surface area contributed by atoms with Gasteiger partial charge < -0.3 is 15.0 Å². The molecular weight excluding hydrogens is 371 g/mol. The number of alkyl halides is 3. The largest absolute Gasteiger partial charge is 0.417 e. The second-order valence-corrected chi connectivity index (χ2v) is 7.17. The number of pyridine rings is 1. The molecule has 1 unspecified atom stereocenters. The Morgan fingerprint density at radius 1 is 1.35 bits per heavy atom. The fraction of sp³-hybridized carbons (Fsp3) is 0.647. The second kappa shape index (κ2) is 8.00. The molecule has 2 saturated heterocycles. The van der Waals surface area contributed by atoms with Gasteiger partial charge in [0.25, 0.3) is 0 Å². The average Bonchev–Trinajstić information content (AvgIpc) is 3.12. The van der Waals surface area contributed by atoms with Gasteiger partial charge in [0, 0.05) is 44.3 Å². The Balaban J connectivity index is 1.52. The number of anilines is 1. The average molecular weight is 392 g/mol. The Morgan fingerprint density at radius 3 is 2.65 bits per heavy atom. The Hall–Kier alpha value is -1.54. The van der Waals surface area contributed by atoms with Crippen molar-refractivity contribution >= 4 is 23.3 Å². The molecule has 0 bridgehead atoms. The van der Waals surface area contributed by atoms with Crippen molar-refractivity contribution in [1.82, 2.24) is 10.3 Å². The maximum atomic E-state index is 12.7. The van der Waals surface area contributed by atoms with Crippen molar-refractivity contribution in [2.24, 2.45) is 11.8 Å². The number of halogens is 4. The van der Waals surface area contributed by atoms with Gasteiger partial charge in [-0.15, -0.1) is 0 Å². The normalized spacial score (nSPS) is 21.8. The third-order valence-electron chi connectivity index (χ3n) is 4.90. The molecule has 0 spiro atoms. The summed E-state index contributed by atoms with van der Waals surface area (Å²) in [5.41, 5.74) is -0.864. The number of nitrogens with zero attached hydrogens (tertiary/aromatic N) is 2. The van der Waals surface area contributed by atoms with Crippen LogP contribution in [-0.2, 0) is 15.7 Å². The summed E-state index contributed by atoms with van der Waals surface area (Å²) in [6.45, 7) is 3.13. The number of piperidine rings is 1. The van der Waals surface area contributed by atoms with Crippen molar-refractivity contribution in [3.8, 4) is 0 Å². The molecule has 26 heavy (non-hydrogen) atoms. The Morgan fingerprint density at radius 2 is 2.08 bits per heavy atom. The Labute approximate surface area is 154 Å². The van der Waals surface area contributed by atoms with Crippen LogP contribution in [0.5, 0.6) is 0 Å². The first-order chi connectivity index (χ1) is 12.3. The van der Waals surface area contributed by atoms with E-state index < -0.39 is 11.7 Å². The summed E-state index contributed by atoms with van der Waals surface area (Å²) in [7, 11) is 0. The number of rotatable bonds is 4. The lowest BCUT2D eigenvalue weighted by Crippen LogP contribution is -2.42. The molecule has 0 radical (unpaired) electrons. The minimum atomic E-state index is -4.47. The summed E-state index contributed by atoms with van der Waals surface area (Å²) in [6, 6.07) is 0.895. The molecule has 1 amide bonds. The lowest BCUT2D eigenvalue weighted by molar-refractivity contribution is -0.137. The molecule has 0 aliphatic carbocycles. The zero-order valence-corrected chi connectivity index (χ0v) is 14.9. The highest BCUT2D eigenvalue weighted by molar-refractivity contribution is 6.33. The molecule has 1 N–H and O–H groups in total. The molecule has 1 aromatic heterocycles. The van der Waals surface area contributed by atoms with Gasteiger partial charge in [0.2, 0.25) is 5.91 Å². The standard InChI is InChI=1S/C17H21ClF3N3O2/c18-14-7-13(17(19,20)21)9-22-15(14)24-4-1-12(2-5-24)16(25)23-8-11-3-6-26-10-11/h7,9,11-12H,1-6,8,10H2,(H,23,25). The number of nitrogens with one attached hydrogen (secondary N) is 1. The lowest BCUT2D eigenvalue weighted by atomic mass is 9.95. The summed E-state index contributed by atoms with van der Waals surface area (Å²) in [4.78, 5) is 18.0. The highest BCUT2D eigenvalue weighted by Crippen LogP contribution is 2.34. The van der Waals surface area contributed by atoms with Crippen molar-refractivity contribution < 1.29 is 22.7 Å². The van der Waals surface area contributed by atoms with Gasteiger partial charge in [0.1, 0.15) is 5.82 Å². The van der Waals surface area contributed by atoms with E-state index in [4.69, 9.17) is 16.3 Å². The lowest BCUT2D eigenvalue weighted by Gasteiger charge is -2.32. The first-order valence-electron chi connectivity index (χ1n) is 8.67. The first-order valence-corrected chi connectivity index (χ1v) is 9.05. The van der Waals surface area contributed by atoms with E-state index in [1.54, 1.807) is 0 Å². The van der Waals surface area contributed by atoms with E-state index in [9.17, 15) is 18.0 Å². The number of amides is 1. The van der Waals surface area contributed by atoms with Gasteiger partial charge in [-0.05, 0) is 25.3 Å². The number of hydrogen-bond donors (Lipinski definition) is 1. The molecular formula is C17H21ClF3N3O2. The zero-order chi connectivity index (χ0) is 18.7. The van der Waals surface area contributed by atoms with Crippen molar-refractivity contribution in [2.75, 3.05) is 37.7 Å². The maximum absolute atomic E-state index is 12.7. The van der Waals surface area contributed by atoms with Gasteiger partial charge in [0.15, 0.2) is 0 Å². The van der Waals surface area contributed by atoms with E-state index in [1.165, 1.54) is 0 Å². The number of hydrogen-bond acceptors (Lipinski definition) is 4. The molecule has 2 fully saturated rings. The molecule has 2 aliphatic rings. The SMILES string of the molecule is O=C(NCC1CCOC1)C1CCN(c2ncc(C(F)(F)F)cc2Cl)CC1. The number of ether oxygens (including phenoxy) is 1. The van der Waals surface area contributed by atoms with Gasteiger partial charge in [-0.2, -0.15) is 13.2 Å². The third kappa shape index (κ3) is 4.59. The minimum Gasteiger partial charge on any atom is -0.381 e. The van der Waals surface area contributed by atoms with E-state index in [-0.39, 0.29) is 16.8 Å². The summed E-state index contributed by atoms with van der Waals surface area (Å²) in [6.07, 6.45) is -1.47. The second-order valence-electron chi connectivity index (χ2n) is 6.76. The quantitative estimate of drug-likeness (QED) is 0.856. The Bertz CT molecular complexity index is 643. The van der Waals surface area contributed by atoms with Crippen LogP contribution in [0.3, 0.4) is 0 Å². The highest BCUT2D eigenvalue weighted by atomic mass is 35.5. The zero-order valence-electron chi connectivity index (χ0n) is 14.2. The van der Waals surface area contributed by atoms with Crippen molar-refractivity contribution in [2.45, 2.75) is 25.4 Å². The van der Waals surface area contributed by atoms with Gasteiger partial charge >= 0.3 is 6.18 Å². The smallest absolute Gasteiger partial charge is 0.381 e. The first kappa shape index (κ1) is 19.2. The molecule has 144 valence electrons. The van der Waals surface area contributed by atoms with Gasteiger partial charge in [-0.3, -0.25) is 4.79 Å². The van der Waals surface area contributed by atoms with Crippen molar-refractivity contribution in [3.63, 3.8) is 0 Å². The van der Waals surface area contributed by atoms with Gasteiger partial charge in [0.05, 0.1) is 17.2 Å². The molecule has 2 aliphatic heterocycles. The molecule has 5 nitrogen and oxygen atoms in total. The van der Waals surface area contributed by atoms with E-state index in [0.717, 1.165) is 25.3 Å². The molecule has 0 saturated carbocycles. The summed E-state index contributed by atoms with van der Waals surface area (Å²) >= 11 is 5.99. The van der Waals surface area contributed by atoms with Crippen LogP contribution in [0.25, 0.3) is 0 Å². The maximum Gasteiger partial charge on any atom is 0.417 e. The van der Waals surface area contributed by atoms with E-state index >= 15 is 0 Å². The molecule has 0 aromatic carbocycles. The molecule has 3 heterocycles. The molecule has 1 atom stereocenters. The number of aromatic nitrogens is 1.